The summed E-state index contributed by atoms with van der Waals surface area (Å²) in [4.78, 5) is 35.6. The van der Waals surface area contributed by atoms with E-state index in [0.29, 0.717) is 5.69 Å². The molecule has 0 saturated carbocycles. The van der Waals surface area contributed by atoms with E-state index >= 15 is 0 Å². The van der Waals surface area contributed by atoms with Crippen molar-refractivity contribution >= 4 is 29.4 Å². The summed E-state index contributed by atoms with van der Waals surface area (Å²) in [6, 6.07) is 11.4. The number of piperazine rings is 1. The standard InChI is InChI=1S/C23H27N5O2/c1-17(29)28-10-9-18-5-3-4-6-20(18)21(28)15-23(30)25-19-7-8-22(24-16-19)27-13-11-26(2)12-14-27/h3-10,16,21H,11-15H2,1-2H3,(H,25,30). The lowest BCUT2D eigenvalue weighted by Crippen LogP contribution is -2.44. The number of nitrogens with one attached hydrogen (secondary N) is 1. The largest absolute Gasteiger partial charge is 0.354 e. The molecule has 1 fully saturated rings. The molecule has 0 radical (unpaired) electrons. The first-order valence-corrected chi connectivity index (χ1v) is 10.3. The van der Waals surface area contributed by atoms with Crippen LogP contribution in [0.3, 0.4) is 0 Å². The molecule has 4 rings (SSSR count). The normalized spacial score (nSPS) is 18.8. The van der Waals surface area contributed by atoms with Gasteiger partial charge in [0.2, 0.25) is 11.8 Å². The number of amides is 2. The van der Waals surface area contributed by atoms with Crippen LogP contribution in [-0.4, -0.2) is 59.8 Å². The van der Waals surface area contributed by atoms with E-state index in [1.807, 2.05) is 42.5 Å². The maximum atomic E-state index is 12.8. The average Bonchev–Trinajstić information content (AvgIpc) is 2.75. The number of likely N-dealkylation sites (N-methyl/N-ethyl adjacent to an activating group) is 1. The van der Waals surface area contributed by atoms with Crippen molar-refractivity contribution in [3.8, 4) is 0 Å². The molecule has 0 spiro atoms. The summed E-state index contributed by atoms with van der Waals surface area (Å²) >= 11 is 0. The van der Waals surface area contributed by atoms with Gasteiger partial charge in [-0.1, -0.05) is 24.3 Å². The maximum absolute atomic E-state index is 12.8. The molecule has 1 saturated heterocycles. The second-order valence-electron chi connectivity index (χ2n) is 7.83. The molecule has 156 valence electrons. The van der Waals surface area contributed by atoms with E-state index in [1.54, 1.807) is 17.3 Å². The lowest BCUT2D eigenvalue weighted by molar-refractivity contribution is -0.129. The van der Waals surface area contributed by atoms with Crippen LogP contribution in [0.5, 0.6) is 0 Å². The third kappa shape index (κ3) is 4.36. The van der Waals surface area contributed by atoms with Gasteiger partial charge in [-0.25, -0.2) is 4.98 Å². The lowest BCUT2D eigenvalue weighted by atomic mass is 9.93. The summed E-state index contributed by atoms with van der Waals surface area (Å²) < 4.78 is 0. The number of nitrogens with zero attached hydrogens (tertiary/aromatic N) is 4. The molecule has 30 heavy (non-hydrogen) atoms. The molecule has 0 bridgehead atoms. The van der Waals surface area contributed by atoms with Gasteiger partial charge in [-0.05, 0) is 36.4 Å². The van der Waals surface area contributed by atoms with Crippen molar-refractivity contribution in [3.05, 3.63) is 59.9 Å². The molecule has 1 atom stereocenters. The summed E-state index contributed by atoms with van der Waals surface area (Å²) in [5.41, 5.74) is 2.67. The van der Waals surface area contributed by atoms with Crippen molar-refractivity contribution < 1.29 is 9.59 Å². The number of hydrogen-bond acceptors (Lipinski definition) is 5. The van der Waals surface area contributed by atoms with Gasteiger partial charge in [0.25, 0.3) is 0 Å². The molecule has 2 aromatic rings. The topological polar surface area (TPSA) is 68.8 Å². The maximum Gasteiger partial charge on any atom is 0.226 e. The average molecular weight is 406 g/mol. The highest BCUT2D eigenvalue weighted by Gasteiger charge is 2.28. The zero-order valence-electron chi connectivity index (χ0n) is 17.4. The monoisotopic (exact) mass is 405 g/mol. The molecule has 1 aromatic carbocycles. The van der Waals surface area contributed by atoms with E-state index in [-0.39, 0.29) is 24.3 Å². The minimum atomic E-state index is -0.318. The van der Waals surface area contributed by atoms with Gasteiger partial charge in [0.1, 0.15) is 5.82 Å². The Kier molecular flexibility index (Phi) is 5.81. The first-order valence-electron chi connectivity index (χ1n) is 10.3. The summed E-state index contributed by atoms with van der Waals surface area (Å²) in [5.74, 6) is 0.692. The van der Waals surface area contributed by atoms with Crippen molar-refractivity contribution in [1.29, 1.82) is 0 Å². The van der Waals surface area contributed by atoms with Crippen LogP contribution in [0, 0.1) is 0 Å². The van der Waals surface area contributed by atoms with Crippen LogP contribution in [0.1, 0.15) is 30.5 Å². The Morgan fingerprint density at radius 3 is 2.57 bits per heavy atom. The van der Waals surface area contributed by atoms with Gasteiger partial charge < -0.3 is 20.0 Å². The zero-order chi connectivity index (χ0) is 21.1. The smallest absolute Gasteiger partial charge is 0.226 e. The molecular formula is C23H27N5O2. The van der Waals surface area contributed by atoms with Crippen LogP contribution >= 0.6 is 0 Å². The van der Waals surface area contributed by atoms with Crippen LogP contribution in [0.15, 0.2) is 48.8 Å². The van der Waals surface area contributed by atoms with Crippen molar-refractivity contribution in [1.82, 2.24) is 14.8 Å². The van der Waals surface area contributed by atoms with E-state index in [0.717, 1.165) is 43.1 Å². The molecule has 7 nitrogen and oxygen atoms in total. The van der Waals surface area contributed by atoms with Crippen molar-refractivity contribution in [3.63, 3.8) is 0 Å². The Morgan fingerprint density at radius 1 is 1.10 bits per heavy atom. The predicted octanol–water partition coefficient (Wildman–Crippen LogP) is 2.74. The minimum absolute atomic E-state index is 0.0863. The first-order chi connectivity index (χ1) is 14.5. The number of carbonyl (C=O) groups is 2. The summed E-state index contributed by atoms with van der Waals surface area (Å²) in [6.07, 6.45) is 5.55. The molecule has 1 aromatic heterocycles. The van der Waals surface area contributed by atoms with Gasteiger partial charge in [0.05, 0.1) is 24.3 Å². The van der Waals surface area contributed by atoms with E-state index < -0.39 is 0 Å². The zero-order valence-corrected chi connectivity index (χ0v) is 17.4. The van der Waals surface area contributed by atoms with Gasteiger partial charge >= 0.3 is 0 Å². The Balaban J connectivity index is 1.42. The van der Waals surface area contributed by atoms with Gasteiger partial charge in [0.15, 0.2) is 0 Å². The van der Waals surface area contributed by atoms with E-state index in [9.17, 15) is 9.59 Å². The van der Waals surface area contributed by atoms with Crippen LogP contribution in [0.25, 0.3) is 6.08 Å². The summed E-state index contributed by atoms with van der Waals surface area (Å²) in [5, 5.41) is 2.93. The molecule has 2 amide bonds. The second-order valence-corrected chi connectivity index (χ2v) is 7.83. The van der Waals surface area contributed by atoms with Crippen molar-refractivity contribution in [2.24, 2.45) is 0 Å². The van der Waals surface area contributed by atoms with E-state index in [2.05, 4.69) is 27.1 Å². The number of anilines is 2. The van der Waals surface area contributed by atoms with E-state index in [4.69, 9.17) is 0 Å². The Labute approximate surface area is 177 Å². The number of rotatable bonds is 4. The third-order valence-corrected chi connectivity index (χ3v) is 5.71. The highest BCUT2D eigenvalue weighted by Crippen LogP contribution is 2.33. The molecule has 1 N–H and O–H groups in total. The number of fused-ring (bicyclic) bond motifs is 1. The summed E-state index contributed by atoms with van der Waals surface area (Å²) in [6.45, 7) is 5.45. The predicted molar refractivity (Wildman–Crippen MR) is 118 cm³/mol. The fourth-order valence-corrected chi connectivity index (χ4v) is 3.98. The minimum Gasteiger partial charge on any atom is -0.354 e. The van der Waals surface area contributed by atoms with Crippen LogP contribution in [-0.2, 0) is 9.59 Å². The van der Waals surface area contributed by atoms with Crippen LogP contribution in [0.4, 0.5) is 11.5 Å². The van der Waals surface area contributed by atoms with Gasteiger partial charge in [-0.3, -0.25) is 9.59 Å². The molecule has 7 heteroatoms. The number of pyridine rings is 1. The fourth-order valence-electron chi connectivity index (χ4n) is 3.98. The third-order valence-electron chi connectivity index (χ3n) is 5.71. The number of carbonyl (C=O) groups excluding carboxylic acids is 2. The molecular weight excluding hydrogens is 378 g/mol. The number of benzene rings is 1. The highest BCUT2D eigenvalue weighted by molar-refractivity contribution is 5.92. The molecule has 2 aliphatic rings. The van der Waals surface area contributed by atoms with Crippen molar-refractivity contribution in [2.45, 2.75) is 19.4 Å². The van der Waals surface area contributed by atoms with Gasteiger partial charge in [0, 0.05) is 39.3 Å². The SMILES string of the molecule is CC(=O)N1C=Cc2ccccc2C1CC(=O)Nc1ccc(N2CCN(C)CC2)nc1. The first kappa shape index (κ1) is 20.1. The van der Waals surface area contributed by atoms with Crippen LogP contribution < -0.4 is 10.2 Å². The van der Waals surface area contributed by atoms with Gasteiger partial charge in [-0.2, -0.15) is 0 Å². The Morgan fingerprint density at radius 2 is 1.87 bits per heavy atom. The molecule has 1 unspecified atom stereocenters. The Bertz CT molecular complexity index is 948. The Hall–Kier alpha value is -3.19. The second kappa shape index (κ2) is 8.67. The van der Waals surface area contributed by atoms with Gasteiger partial charge in [-0.15, -0.1) is 0 Å². The van der Waals surface area contributed by atoms with Crippen LogP contribution in [0.2, 0.25) is 0 Å². The molecule has 0 aliphatic carbocycles. The number of aromatic nitrogens is 1. The van der Waals surface area contributed by atoms with Crippen molar-refractivity contribution in [2.75, 3.05) is 43.4 Å². The van der Waals surface area contributed by atoms with E-state index in [1.165, 1.54) is 6.92 Å². The highest BCUT2D eigenvalue weighted by atomic mass is 16.2. The molecule has 3 heterocycles. The quantitative estimate of drug-likeness (QED) is 0.847. The summed E-state index contributed by atoms with van der Waals surface area (Å²) in [7, 11) is 2.12. The molecule has 2 aliphatic heterocycles. The number of hydrogen-bond donors (Lipinski definition) is 1. The fraction of sp³-hybridized carbons (Fsp3) is 0.348. The lowest BCUT2D eigenvalue weighted by Gasteiger charge is -2.33.